The number of aromatic nitrogens is 3. The highest BCUT2D eigenvalue weighted by Crippen LogP contribution is 2.38. The molecule has 178 valence electrons. The molecular formula is C21H24F3N5O3S. The lowest BCUT2D eigenvalue weighted by Crippen LogP contribution is -2.37. The van der Waals surface area contributed by atoms with Gasteiger partial charge < -0.3 is 25.6 Å². The third-order valence-corrected chi connectivity index (χ3v) is 6.70. The third kappa shape index (κ3) is 5.03. The van der Waals surface area contributed by atoms with Crippen molar-refractivity contribution in [3.05, 3.63) is 30.0 Å². The van der Waals surface area contributed by atoms with Crippen molar-refractivity contribution >= 4 is 33.3 Å². The van der Waals surface area contributed by atoms with E-state index in [9.17, 15) is 23.4 Å². The Bertz CT molecular complexity index is 1090. The van der Waals surface area contributed by atoms with Gasteiger partial charge in [-0.1, -0.05) is 12.1 Å². The van der Waals surface area contributed by atoms with E-state index in [1.54, 1.807) is 6.92 Å². The zero-order valence-electron chi connectivity index (χ0n) is 17.9. The quantitative estimate of drug-likeness (QED) is 0.405. The lowest BCUT2D eigenvalue weighted by Gasteiger charge is -2.24. The normalized spacial score (nSPS) is 23.2. The molecule has 8 nitrogen and oxygen atoms in total. The average molecular weight is 484 g/mol. The van der Waals surface area contributed by atoms with Gasteiger partial charge in [0, 0.05) is 19.6 Å². The van der Waals surface area contributed by atoms with Gasteiger partial charge >= 0.3 is 6.18 Å². The van der Waals surface area contributed by atoms with Crippen LogP contribution < -0.4 is 10.6 Å². The van der Waals surface area contributed by atoms with Crippen LogP contribution in [0.1, 0.15) is 12.1 Å². The monoisotopic (exact) mass is 483 g/mol. The molecule has 1 saturated carbocycles. The van der Waals surface area contributed by atoms with Crippen molar-refractivity contribution in [2.75, 3.05) is 30.9 Å². The average Bonchev–Trinajstić information content (AvgIpc) is 3.31. The van der Waals surface area contributed by atoms with Crippen LogP contribution in [-0.2, 0) is 4.74 Å². The maximum atomic E-state index is 12.7. The van der Waals surface area contributed by atoms with E-state index in [1.165, 1.54) is 18.4 Å². The van der Waals surface area contributed by atoms with Crippen molar-refractivity contribution in [1.82, 2.24) is 15.0 Å². The van der Waals surface area contributed by atoms with Crippen molar-refractivity contribution in [3.8, 4) is 10.6 Å². The second-order valence-electron chi connectivity index (χ2n) is 7.93. The molecule has 4 N–H and O–H groups in total. The molecule has 0 bridgehead atoms. The molecular weight excluding hydrogens is 459 g/mol. The summed E-state index contributed by atoms with van der Waals surface area (Å²) in [5.74, 6) is -0.295. The summed E-state index contributed by atoms with van der Waals surface area (Å²) in [5, 5.41) is 26.1. The minimum Gasteiger partial charge on any atom is -0.396 e. The Labute approximate surface area is 191 Å². The number of aryl methyl sites for hydroxylation is 1. The number of methoxy groups -OCH3 is 1. The highest BCUT2D eigenvalue weighted by atomic mass is 32.1. The van der Waals surface area contributed by atoms with Crippen LogP contribution in [0.25, 0.3) is 20.8 Å². The topological polar surface area (TPSA) is 112 Å². The number of aliphatic hydroxyl groups is 2. The van der Waals surface area contributed by atoms with E-state index in [2.05, 4.69) is 25.6 Å². The van der Waals surface area contributed by atoms with Crippen LogP contribution in [0.4, 0.5) is 24.9 Å². The first-order valence-electron chi connectivity index (χ1n) is 10.3. The minimum atomic E-state index is -4.43. The number of nitrogens with zero attached hydrogens (tertiary/aromatic N) is 3. The molecule has 0 unspecified atom stereocenters. The fourth-order valence-corrected chi connectivity index (χ4v) is 5.14. The van der Waals surface area contributed by atoms with E-state index in [4.69, 9.17) is 4.74 Å². The van der Waals surface area contributed by atoms with Crippen LogP contribution in [0.3, 0.4) is 0 Å². The Hall–Kier alpha value is -2.54. The summed E-state index contributed by atoms with van der Waals surface area (Å²) in [4.78, 5) is 13.2. The first kappa shape index (κ1) is 23.6. The van der Waals surface area contributed by atoms with E-state index in [0.717, 1.165) is 10.2 Å². The number of para-hydroxylation sites is 1. The fraction of sp³-hybridized carbons (Fsp3) is 0.476. The summed E-state index contributed by atoms with van der Waals surface area (Å²) in [6, 6.07) is 7.14. The largest absolute Gasteiger partial charge is 0.405 e. The number of alkyl halides is 3. The highest BCUT2D eigenvalue weighted by Gasteiger charge is 2.43. The van der Waals surface area contributed by atoms with Crippen LogP contribution in [0.5, 0.6) is 0 Å². The Morgan fingerprint density at radius 1 is 1.21 bits per heavy atom. The van der Waals surface area contributed by atoms with Crippen molar-refractivity contribution in [2.24, 2.45) is 5.92 Å². The summed E-state index contributed by atoms with van der Waals surface area (Å²) in [5.41, 5.74) is 1.79. The lowest BCUT2D eigenvalue weighted by molar-refractivity contribution is -0.115. The van der Waals surface area contributed by atoms with E-state index in [-0.39, 0.29) is 18.4 Å². The highest BCUT2D eigenvalue weighted by molar-refractivity contribution is 7.21. The number of benzene rings is 1. The van der Waals surface area contributed by atoms with Crippen molar-refractivity contribution in [3.63, 3.8) is 0 Å². The van der Waals surface area contributed by atoms with Gasteiger partial charge in [-0.15, -0.1) is 11.3 Å². The van der Waals surface area contributed by atoms with Crippen LogP contribution in [0, 0.1) is 12.8 Å². The van der Waals surface area contributed by atoms with Gasteiger partial charge in [0.15, 0.2) is 0 Å². The summed E-state index contributed by atoms with van der Waals surface area (Å²) in [6.45, 7) is 0.188. The number of hydrogen-bond acceptors (Lipinski definition) is 9. The standard InChI is InChI=1S/C21H24F3N5O3S/c1-10-15(19-28-12-5-3-4-6-14(12)33-19)18(29-20(26-10)25-9-21(22,23)24)27-13-7-11(8-30)16(31)17(13)32-2/h3-6,11,13,16-17,30-31H,7-9H2,1-2H3,(H2,25,26,27,29)/t11-,13-,16-,17+/m1/s1. The molecule has 4 rings (SSSR count). The SMILES string of the molecule is CO[C@@H]1[C@H](O)[C@@H](CO)C[C@H]1Nc1nc(NCC(F)(F)F)nc(C)c1-c1nc2ccccc2s1. The number of aliphatic hydroxyl groups excluding tert-OH is 2. The van der Waals surface area contributed by atoms with Crippen molar-refractivity contribution < 1.29 is 28.1 Å². The number of fused-ring (bicyclic) bond motifs is 1. The van der Waals surface area contributed by atoms with E-state index < -0.39 is 36.9 Å². The summed E-state index contributed by atoms with van der Waals surface area (Å²) < 4.78 is 44.6. The smallest absolute Gasteiger partial charge is 0.396 e. The van der Waals surface area contributed by atoms with E-state index >= 15 is 0 Å². The maximum absolute atomic E-state index is 12.7. The number of nitrogens with one attached hydrogen (secondary N) is 2. The van der Waals surface area contributed by atoms with Crippen LogP contribution in [0.2, 0.25) is 0 Å². The van der Waals surface area contributed by atoms with Gasteiger partial charge in [0.05, 0.1) is 33.6 Å². The molecule has 2 aromatic heterocycles. The predicted octanol–water partition coefficient (Wildman–Crippen LogP) is 3.20. The van der Waals surface area contributed by atoms with Gasteiger partial charge in [-0.3, -0.25) is 0 Å². The van der Waals surface area contributed by atoms with Gasteiger partial charge in [0.25, 0.3) is 0 Å². The van der Waals surface area contributed by atoms with E-state index in [1.807, 2.05) is 24.3 Å². The fourth-order valence-electron chi connectivity index (χ4n) is 4.08. The van der Waals surface area contributed by atoms with Gasteiger partial charge in [-0.05, 0) is 25.5 Å². The maximum Gasteiger partial charge on any atom is 0.405 e. The molecule has 0 radical (unpaired) electrons. The molecule has 1 aliphatic rings. The number of ether oxygens (including phenoxy) is 1. The second-order valence-corrected chi connectivity index (χ2v) is 8.96. The molecule has 12 heteroatoms. The van der Waals surface area contributed by atoms with Crippen LogP contribution >= 0.6 is 11.3 Å². The number of halogens is 3. The Morgan fingerprint density at radius 2 is 1.97 bits per heavy atom. The lowest BCUT2D eigenvalue weighted by atomic mass is 10.1. The molecule has 1 aliphatic carbocycles. The summed E-state index contributed by atoms with van der Waals surface area (Å²) in [7, 11) is 1.46. The first-order chi connectivity index (χ1) is 15.7. The van der Waals surface area contributed by atoms with Crippen molar-refractivity contribution in [1.29, 1.82) is 0 Å². The molecule has 4 atom stereocenters. The molecule has 2 heterocycles. The third-order valence-electron chi connectivity index (χ3n) is 5.65. The Kier molecular flexibility index (Phi) is 6.71. The summed E-state index contributed by atoms with van der Waals surface area (Å²) >= 11 is 1.42. The molecule has 1 aromatic carbocycles. The molecule has 0 aliphatic heterocycles. The Morgan fingerprint density at radius 3 is 2.64 bits per heavy atom. The zero-order valence-corrected chi connectivity index (χ0v) is 18.7. The van der Waals surface area contributed by atoms with Gasteiger partial charge in [0.2, 0.25) is 5.95 Å². The first-order valence-corrected chi connectivity index (χ1v) is 11.1. The van der Waals surface area contributed by atoms with Crippen LogP contribution in [-0.4, -0.2) is 69.9 Å². The Balaban J connectivity index is 1.75. The molecule has 0 saturated heterocycles. The molecule has 1 fully saturated rings. The predicted molar refractivity (Wildman–Crippen MR) is 119 cm³/mol. The second kappa shape index (κ2) is 9.37. The zero-order chi connectivity index (χ0) is 23.8. The van der Waals surface area contributed by atoms with Crippen LogP contribution in [0.15, 0.2) is 24.3 Å². The van der Waals surface area contributed by atoms with Gasteiger partial charge in [0.1, 0.15) is 23.5 Å². The molecule has 0 spiro atoms. The molecule has 33 heavy (non-hydrogen) atoms. The molecule has 0 amide bonds. The van der Waals surface area contributed by atoms with Gasteiger partial charge in [-0.2, -0.15) is 18.2 Å². The van der Waals surface area contributed by atoms with Crippen molar-refractivity contribution in [2.45, 2.75) is 37.8 Å². The molecule has 3 aromatic rings. The van der Waals surface area contributed by atoms with E-state index in [0.29, 0.717) is 22.7 Å². The number of rotatable bonds is 7. The minimum absolute atomic E-state index is 0.177. The number of anilines is 2. The van der Waals surface area contributed by atoms with Gasteiger partial charge in [-0.25, -0.2) is 9.97 Å². The number of thiazole rings is 1. The summed E-state index contributed by atoms with van der Waals surface area (Å²) in [6.07, 6.45) is -5.56. The number of hydrogen-bond donors (Lipinski definition) is 4.